The van der Waals surface area contributed by atoms with Gasteiger partial charge in [-0.2, -0.15) is 0 Å². The molecule has 4 nitrogen and oxygen atoms in total. The largest absolute Gasteiger partial charge is 0.317 e. The van der Waals surface area contributed by atoms with Gasteiger partial charge in [-0.05, 0) is 63.0 Å². The van der Waals surface area contributed by atoms with Gasteiger partial charge in [0.25, 0.3) is 0 Å². The van der Waals surface area contributed by atoms with Gasteiger partial charge in [-0.3, -0.25) is 9.69 Å². The molecule has 2 aliphatic heterocycles. The van der Waals surface area contributed by atoms with E-state index in [2.05, 4.69) is 35.5 Å². The second-order valence-electron chi connectivity index (χ2n) is 6.99. The minimum Gasteiger partial charge on any atom is -0.317 e. The quantitative estimate of drug-likeness (QED) is 0.860. The Balaban J connectivity index is 1.45. The summed E-state index contributed by atoms with van der Waals surface area (Å²) in [5.74, 6) is 0.690. The molecule has 0 aromatic heterocycles. The van der Waals surface area contributed by atoms with Gasteiger partial charge < -0.3 is 10.2 Å². The Kier molecular flexibility index (Phi) is 3.66. The van der Waals surface area contributed by atoms with Crippen molar-refractivity contribution in [3.63, 3.8) is 0 Å². The van der Waals surface area contributed by atoms with Crippen LogP contribution in [0.3, 0.4) is 0 Å². The molecule has 2 fully saturated rings. The molecule has 22 heavy (non-hydrogen) atoms. The second-order valence-corrected chi connectivity index (χ2v) is 6.99. The highest BCUT2D eigenvalue weighted by Crippen LogP contribution is 2.46. The normalized spacial score (nSPS) is 28.0. The zero-order valence-corrected chi connectivity index (χ0v) is 13.3. The van der Waals surface area contributed by atoms with E-state index in [1.54, 1.807) is 0 Å². The Morgan fingerprint density at radius 1 is 1.32 bits per heavy atom. The Labute approximate surface area is 132 Å². The zero-order valence-electron chi connectivity index (χ0n) is 13.3. The molecule has 4 heteroatoms. The van der Waals surface area contributed by atoms with Crippen molar-refractivity contribution >= 4 is 12.1 Å². The smallest absolute Gasteiger partial charge is 0.214 e. The van der Waals surface area contributed by atoms with Crippen LogP contribution in [0.4, 0.5) is 5.69 Å². The third-order valence-electron chi connectivity index (χ3n) is 5.75. The molecule has 3 aliphatic rings. The topological polar surface area (TPSA) is 35.6 Å². The number of hydrogen-bond donors (Lipinski definition) is 1. The van der Waals surface area contributed by atoms with E-state index >= 15 is 0 Å². The number of nitrogens with zero attached hydrogens (tertiary/aromatic N) is 2. The molecule has 2 unspecified atom stereocenters. The van der Waals surface area contributed by atoms with Gasteiger partial charge in [0.2, 0.25) is 6.41 Å². The monoisotopic (exact) mass is 299 g/mol. The molecule has 4 rings (SSSR count). The van der Waals surface area contributed by atoms with Crippen molar-refractivity contribution in [3.05, 3.63) is 29.3 Å². The number of carbonyl (C=O) groups is 1. The van der Waals surface area contributed by atoms with Crippen LogP contribution in [0.25, 0.3) is 0 Å². The second kappa shape index (κ2) is 5.67. The van der Waals surface area contributed by atoms with Crippen molar-refractivity contribution in [2.24, 2.45) is 0 Å². The average Bonchev–Trinajstić information content (AvgIpc) is 3.27. The summed E-state index contributed by atoms with van der Waals surface area (Å²) in [5.41, 5.74) is 3.93. The van der Waals surface area contributed by atoms with E-state index in [-0.39, 0.29) is 0 Å². The highest BCUT2D eigenvalue weighted by molar-refractivity contribution is 5.79. The number of nitrogens with one attached hydrogen (secondary N) is 1. The van der Waals surface area contributed by atoms with E-state index < -0.39 is 0 Å². The number of hydrogen-bond acceptors (Lipinski definition) is 3. The summed E-state index contributed by atoms with van der Waals surface area (Å²) in [6, 6.07) is 8.19. The van der Waals surface area contributed by atoms with Crippen LogP contribution in [0.1, 0.15) is 36.3 Å². The predicted molar refractivity (Wildman–Crippen MR) is 88.4 cm³/mol. The Morgan fingerprint density at radius 3 is 2.91 bits per heavy atom. The van der Waals surface area contributed by atoms with Crippen LogP contribution >= 0.6 is 0 Å². The maximum atomic E-state index is 11.0. The number of rotatable bonds is 4. The summed E-state index contributed by atoms with van der Waals surface area (Å²) in [7, 11) is 2.31. The lowest BCUT2D eigenvalue weighted by Crippen LogP contribution is -2.42. The van der Waals surface area contributed by atoms with Crippen LogP contribution < -0.4 is 10.2 Å². The first-order valence-corrected chi connectivity index (χ1v) is 8.55. The van der Waals surface area contributed by atoms with Gasteiger partial charge in [0.05, 0.1) is 0 Å². The van der Waals surface area contributed by atoms with E-state index in [0.717, 1.165) is 44.2 Å². The highest BCUT2D eigenvalue weighted by Gasteiger charge is 2.43. The van der Waals surface area contributed by atoms with E-state index in [9.17, 15) is 4.79 Å². The first-order valence-electron chi connectivity index (χ1n) is 8.55. The molecule has 1 amide bonds. The number of benzene rings is 1. The number of anilines is 1. The molecule has 1 saturated carbocycles. The Morgan fingerprint density at radius 2 is 2.14 bits per heavy atom. The van der Waals surface area contributed by atoms with Crippen molar-refractivity contribution in [1.29, 1.82) is 0 Å². The lowest BCUT2D eigenvalue weighted by atomic mass is 10.0. The summed E-state index contributed by atoms with van der Waals surface area (Å²) in [4.78, 5) is 15.5. The molecular formula is C18H25N3O. The van der Waals surface area contributed by atoms with Crippen LogP contribution in [-0.4, -0.2) is 50.1 Å². The maximum absolute atomic E-state index is 11.0. The van der Waals surface area contributed by atoms with Gasteiger partial charge in [0, 0.05) is 30.2 Å². The van der Waals surface area contributed by atoms with Crippen LogP contribution in [-0.2, 0) is 11.2 Å². The number of carbonyl (C=O) groups excluding carboxylic acids is 1. The summed E-state index contributed by atoms with van der Waals surface area (Å²) >= 11 is 0. The molecule has 0 bridgehead atoms. The van der Waals surface area contributed by atoms with Gasteiger partial charge in [0.15, 0.2) is 0 Å². The Hall–Kier alpha value is -1.39. The van der Waals surface area contributed by atoms with Gasteiger partial charge >= 0.3 is 0 Å². The fourth-order valence-corrected chi connectivity index (χ4v) is 4.26. The zero-order chi connectivity index (χ0) is 15.1. The molecule has 1 aromatic carbocycles. The maximum Gasteiger partial charge on any atom is 0.214 e. The molecule has 2 atom stereocenters. The molecule has 1 aliphatic carbocycles. The third-order valence-corrected chi connectivity index (χ3v) is 5.75. The van der Waals surface area contributed by atoms with Crippen LogP contribution in [0.2, 0.25) is 0 Å². The van der Waals surface area contributed by atoms with Crippen LogP contribution in [0.5, 0.6) is 0 Å². The van der Waals surface area contributed by atoms with Crippen LogP contribution in [0.15, 0.2) is 18.2 Å². The third kappa shape index (κ3) is 2.44. The molecule has 118 valence electrons. The molecule has 0 spiro atoms. The van der Waals surface area contributed by atoms with E-state index in [0.29, 0.717) is 12.0 Å². The number of amides is 1. The lowest BCUT2D eigenvalue weighted by molar-refractivity contribution is -0.107. The van der Waals surface area contributed by atoms with Crippen molar-refractivity contribution < 1.29 is 4.79 Å². The van der Waals surface area contributed by atoms with Crippen LogP contribution in [0, 0.1) is 0 Å². The summed E-state index contributed by atoms with van der Waals surface area (Å²) in [5, 5.41) is 3.45. The summed E-state index contributed by atoms with van der Waals surface area (Å²) in [6.07, 6.45) is 5.80. The molecule has 1 N–H and O–H groups in total. The number of piperidine rings is 1. The van der Waals surface area contributed by atoms with E-state index in [4.69, 9.17) is 0 Å². The Bertz CT molecular complexity index is 567. The van der Waals surface area contributed by atoms with Gasteiger partial charge in [-0.25, -0.2) is 0 Å². The minimum atomic E-state index is 0.690. The van der Waals surface area contributed by atoms with E-state index in [1.807, 2.05) is 4.90 Å². The predicted octanol–water partition coefficient (Wildman–Crippen LogP) is 1.75. The van der Waals surface area contributed by atoms with E-state index in [1.165, 1.54) is 30.4 Å². The molecule has 1 aromatic rings. The van der Waals surface area contributed by atoms with Crippen molar-refractivity contribution in [2.45, 2.75) is 43.7 Å². The summed E-state index contributed by atoms with van der Waals surface area (Å²) in [6.45, 7) is 3.16. The first-order chi connectivity index (χ1) is 10.8. The fourth-order valence-electron chi connectivity index (χ4n) is 4.26. The minimum absolute atomic E-state index is 0.690. The first kappa shape index (κ1) is 14.2. The summed E-state index contributed by atoms with van der Waals surface area (Å²) < 4.78 is 0. The highest BCUT2D eigenvalue weighted by atomic mass is 16.1. The SMILES string of the molecule is CN(C1CCNCC1)C1CC1c1ccc2c(c1)CCN2C=O. The van der Waals surface area contributed by atoms with Crippen molar-refractivity contribution in [1.82, 2.24) is 10.2 Å². The van der Waals surface area contributed by atoms with Gasteiger partial charge in [-0.1, -0.05) is 12.1 Å². The molecule has 0 radical (unpaired) electrons. The fraction of sp³-hybridized carbons (Fsp3) is 0.611. The van der Waals surface area contributed by atoms with Gasteiger partial charge in [-0.15, -0.1) is 0 Å². The van der Waals surface area contributed by atoms with Gasteiger partial charge in [0.1, 0.15) is 0 Å². The standard InChI is InChI=1S/C18H25N3O/c1-20(15-4-7-19-8-5-15)18-11-16(18)13-2-3-17-14(10-13)6-9-21(17)12-22/h2-3,10,12,15-16,18-19H,4-9,11H2,1H3. The van der Waals surface area contributed by atoms with Crippen molar-refractivity contribution in [2.75, 3.05) is 31.6 Å². The molecular weight excluding hydrogens is 274 g/mol. The number of likely N-dealkylation sites (N-methyl/N-ethyl adjacent to an activating group) is 1. The molecule has 2 heterocycles. The molecule has 1 saturated heterocycles. The average molecular weight is 299 g/mol. The van der Waals surface area contributed by atoms with Crippen molar-refractivity contribution in [3.8, 4) is 0 Å². The number of fused-ring (bicyclic) bond motifs is 1. The lowest BCUT2D eigenvalue weighted by Gasteiger charge is -2.32.